The quantitative estimate of drug-likeness (QED) is 0.367. The Morgan fingerprint density at radius 3 is 2.57 bits per heavy atom. The second-order valence-corrected chi connectivity index (χ2v) is 5.23. The fourth-order valence-electron chi connectivity index (χ4n) is 2.76. The van der Waals surface area contributed by atoms with Crippen molar-refractivity contribution in [2.75, 3.05) is 14.2 Å². The van der Waals surface area contributed by atoms with Crippen molar-refractivity contribution in [3.05, 3.63) is 52.8 Å². The van der Waals surface area contributed by atoms with E-state index in [1.54, 1.807) is 6.08 Å². The number of methoxy groups -OCH3 is 2. The minimum absolute atomic E-state index is 0.210. The van der Waals surface area contributed by atoms with Crippen molar-refractivity contribution >= 4 is 11.5 Å². The van der Waals surface area contributed by atoms with Crippen LogP contribution in [0.2, 0.25) is 0 Å². The van der Waals surface area contributed by atoms with Crippen LogP contribution >= 0.6 is 0 Å². The first-order valence-corrected chi connectivity index (χ1v) is 7.29. The smallest absolute Gasteiger partial charge is 0.373 e. The molecule has 0 unspecified atom stereocenters. The summed E-state index contributed by atoms with van der Waals surface area (Å²) in [5.41, 5.74) is 5.30. The molecule has 3 nitrogen and oxygen atoms in total. The molecule has 0 heterocycles. The molecule has 0 radical (unpaired) electrons. The molecule has 0 N–H and O–H groups in total. The number of hydrogen-bond donors (Lipinski definition) is 0. The zero-order valence-corrected chi connectivity index (χ0v) is 12.9. The Morgan fingerprint density at radius 2 is 1.86 bits per heavy atom. The van der Waals surface area contributed by atoms with Gasteiger partial charge >= 0.3 is 5.97 Å². The summed E-state index contributed by atoms with van der Waals surface area (Å²) < 4.78 is 9.71. The van der Waals surface area contributed by atoms with Gasteiger partial charge in [0.05, 0.1) is 14.2 Å². The number of allylic oxidation sites excluding steroid dienone is 3. The van der Waals surface area contributed by atoms with Gasteiger partial charge in [0.15, 0.2) is 0 Å². The van der Waals surface area contributed by atoms with Crippen LogP contribution < -0.4 is 0 Å². The number of benzene rings is 1. The van der Waals surface area contributed by atoms with Gasteiger partial charge in [0.1, 0.15) is 0 Å². The zero-order chi connectivity index (χ0) is 15.2. The van der Waals surface area contributed by atoms with Gasteiger partial charge in [0, 0.05) is 0 Å². The lowest BCUT2D eigenvalue weighted by atomic mass is 9.86. The second-order valence-electron chi connectivity index (χ2n) is 5.23. The van der Waals surface area contributed by atoms with Gasteiger partial charge in [-0.25, -0.2) is 4.79 Å². The third kappa shape index (κ3) is 3.54. The Labute approximate surface area is 126 Å². The highest BCUT2D eigenvalue weighted by Crippen LogP contribution is 2.28. The van der Waals surface area contributed by atoms with Crippen molar-refractivity contribution in [3.63, 3.8) is 0 Å². The van der Waals surface area contributed by atoms with Crippen LogP contribution in [-0.2, 0) is 27.1 Å². The summed E-state index contributed by atoms with van der Waals surface area (Å²) in [4.78, 5) is 11.5. The lowest BCUT2D eigenvalue weighted by Gasteiger charge is -2.19. The maximum atomic E-state index is 11.5. The highest BCUT2D eigenvalue weighted by atomic mass is 16.6. The van der Waals surface area contributed by atoms with Gasteiger partial charge in [0.2, 0.25) is 5.76 Å². The molecule has 0 atom stereocenters. The average molecular weight is 286 g/mol. The van der Waals surface area contributed by atoms with E-state index < -0.39 is 5.97 Å². The molecule has 1 aromatic carbocycles. The first kappa shape index (κ1) is 15.4. The first-order chi connectivity index (χ1) is 10.2. The molecule has 21 heavy (non-hydrogen) atoms. The highest BCUT2D eigenvalue weighted by molar-refractivity contribution is 5.87. The summed E-state index contributed by atoms with van der Waals surface area (Å²) in [6.45, 7) is 2.06. The van der Waals surface area contributed by atoms with Gasteiger partial charge in [-0.15, -0.1) is 0 Å². The average Bonchev–Trinajstić information content (AvgIpc) is 2.54. The van der Waals surface area contributed by atoms with E-state index in [9.17, 15) is 4.79 Å². The van der Waals surface area contributed by atoms with Crippen LogP contribution in [0.5, 0.6) is 0 Å². The molecule has 0 bridgehead atoms. The van der Waals surface area contributed by atoms with Gasteiger partial charge in [-0.2, -0.15) is 0 Å². The summed E-state index contributed by atoms with van der Waals surface area (Å²) in [5.74, 6) is -0.252. The molecule has 1 aliphatic rings. The summed E-state index contributed by atoms with van der Waals surface area (Å²) in [5, 5.41) is 0. The van der Waals surface area contributed by atoms with E-state index in [1.807, 2.05) is 6.08 Å². The predicted molar refractivity (Wildman–Crippen MR) is 83.8 cm³/mol. The Balaban J connectivity index is 2.31. The molecule has 0 saturated heterocycles. The molecule has 2 rings (SSSR count). The van der Waals surface area contributed by atoms with Crippen LogP contribution in [0.1, 0.15) is 36.5 Å². The van der Waals surface area contributed by atoms with E-state index >= 15 is 0 Å². The monoisotopic (exact) mass is 286 g/mol. The van der Waals surface area contributed by atoms with Gasteiger partial charge < -0.3 is 9.47 Å². The van der Waals surface area contributed by atoms with Gasteiger partial charge in [0.25, 0.3) is 0 Å². The van der Waals surface area contributed by atoms with E-state index in [0.717, 1.165) is 18.4 Å². The SMILES string of the molecule is COC(=O)/C(=C/C=C(\C)c1cccc2c1CCCC2)OC. The highest BCUT2D eigenvalue weighted by Gasteiger charge is 2.13. The topological polar surface area (TPSA) is 35.5 Å². The van der Waals surface area contributed by atoms with E-state index in [0.29, 0.717) is 0 Å². The molecular formula is C18H22O3. The number of ether oxygens (including phenoxy) is 2. The number of esters is 1. The summed E-state index contributed by atoms with van der Waals surface area (Å²) in [7, 11) is 2.82. The molecule has 0 amide bonds. The Kier molecular flexibility index (Phi) is 5.20. The number of rotatable bonds is 4. The Hall–Kier alpha value is -2.03. The normalized spacial score (nSPS) is 15.4. The van der Waals surface area contributed by atoms with Crippen LogP contribution in [0.3, 0.4) is 0 Å². The van der Waals surface area contributed by atoms with Crippen molar-refractivity contribution < 1.29 is 14.3 Å². The standard InChI is InChI=1S/C18H22O3/c1-13(11-12-17(20-2)18(19)21-3)15-10-6-8-14-7-4-5-9-16(14)15/h6,8,10-12H,4-5,7,9H2,1-3H3/b13-11+,17-12-. The van der Waals surface area contributed by atoms with Crippen molar-refractivity contribution in [2.24, 2.45) is 0 Å². The predicted octanol–water partition coefficient (Wildman–Crippen LogP) is 3.67. The molecule has 112 valence electrons. The van der Waals surface area contributed by atoms with Crippen LogP contribution in [-0.4, -0.2) is 20.2 Å². The fraction of sp³-hybridized carbons (Fsp3) is 0.389. The number of aryl methyl sites for hydroxylation is 1. The fourth-order valence-corrected chi connectivity index (χ4v) is 2.76. The molecule has 0 spiro atoms. The molecule has 0 fully saturated rings. The van der Waals surface area contributed by atoms with Crippen LogP contribution in [0.15, 0.2) is 36.1 Å². The van der Waals surface area contributed by atoms with E-state index in [1.165, 1.54) is 43.8 Å². The second kappa shape index (κ2) is 7.11. The third-order valence-electron chi connectivity index (χ3n) is 3.91. The first-order valence-electron chi connectivity index (χ1n) is 7.29. The van der Waals surface area contributed by atoms with Crippen molar-refractivity contribution in [2.45, 2.75) is 32.6 Å². The van der Waals surface area contributed by atoms with E-state index in [2.05, 4.69) is 29.9 Å². The minimum Gasteiger partial charge on any atom is -0.490 e. The van der Waals surface area contributed by atoms with Crippen LogP contribution in [0.4, 0.5) is 0 Å². The van der Waals surface area contributed by atoms with Crippen molar-refractivity contribution in [3.8, 4) is 0 Å². The summed E-state index contributed by atoms with van der Waals surface area (Å²) in [6, 6.07) is 6.47. The molecule has 0 aliphatic heterocycles. The molecule has 3 heteroatoms. The van der Waals surface area contributed by atoms with E-state index in [-0.39, 0.29) is 5.76 Å². The lowest BCUT2D eigenvalue weighted by molar-refractivity contribution is -0.139. The number of carbonyl (C=O) groups is 1. The molecular weight excluding hydrogens is 264 g/mol. The van der Waals surface area contributed by atoms with Gasteiger partial charge in [-0.3, -0.25) is 0 Å². The van der Waals surface area contributed by atoms with Gasteiger partial charge in [-0.1, -0.05) is 24.3 Å². The number of hydrogen-bond acceptors (Lipinski definition) is 3. The maximum Gasteiger partial charge on any atom is 0.373 e. The number of fused-ring (bicyclic) bond motifs is 1. The Bertz CT molecular complexity index is 582. The summed E-state index contributed by atoms with van der Waals surface area (Å²) >= 11 is 0. The molecule has 1 aromatic rings. The van der Waals surface area contributed by atoms with Crippen LogP contribution in [0, 0.1) is 0 Å². The number of carbonyl (C=O) groups excluding carboxylic acids is 1. The maximum absolute atomic E-state index is 11.5. The molecule has 0 aromatic heterocycles. The van der Waals surface area contributed by atoms with Crippen LogP contribution in [0.25, 0.3) is 5.57 Å². The molecule has 0 saturated carbocycles. The summed E-state index contributed by atoms with van der Waals surface area (Å²) in [6.07, 6.45) is 8.41. The Morgan fingerprint density at radius 1 is 1.10 bits per heavy atom. The lowest BCUT2D eigenvalue weighted by Crippen LogP contribution is -2.06. The van der Waals surface area contributed by atoms with Crippen molar-refractivity contribution in [1.82, 2.24) is 0 Å². The minimum atomic E-state index is -0.461. The third-order valence-corrected chi connectivity index (χ3v) is 3.91. The zero-order valence-electron chi connectivity index (χ0n) is 12.9. The van der Waals surface area contributed by atoms with E-state index in [4.69, 9.17) is 4.74 Å². The van der Waals surface area contributed by atoms with Gasteiger partial charge in [-0.05, 0) is 60.9 Å². The largest absolute Gasteiger partial charge is 0.490 e. The molecule has 1 aliphatic carbocycles. The van der Waals surface area contributed by atoms with Crippen molar-refractivity contribution in [1.29, 1.82) is 0 Å².